The lowest BCUT2D eigenvalue weighted by molar-refractivity contribution is 0.0925. The molecule has 1 heterocycles. The number of aliphatic hydroxyl groups excluding tert-OH is 1. The van der Waals surface area contributed by atoms with E-state index in [1.54, 1.807) is 12.4 Å². The number of nitrogens with one attached hydrogen (secondary N) is 2. The Morgan fingerprint density at radius 2 is 2.44 bits per heavy atom. The van der Waals surface area contributed by atoms with Crippen LogP contribution in [0.4, 0.5) is 5.13 Å². The van der Waals surface area contributed by atoms with Crippen LogP contribution in [-0.2, 0) is 0 Å². The van der Waals surface area contributed by atoms with Crippen molar-refractivity contribution in [3.8, 4) is 0 Å². The number of carbonyl (C=O) groups is 1. The van der Waals surface area contributed by atoms with Gasteiger partial charge in [-0.2, -0.15) is 0 Å². The minimum Gasteiger partial charge on any atom is -0.396 e. The molecule has 0 radical (unpaired) electrons. The van der Waals surface area contributed by atoms with Crippen molar-refractivity contribution in [2.24, 2.45) is 0 Å². The Morgan fingerprint density at radius 1 is 1.69 bits per heavy atom. The highest BCUT2D eigenvalue weighted by Crippen LogP contribution is 2.14. The first-order valence-electron chi connectivity index (χ1n) is 5.26. The summed E-state index contributed by atoms with van der Waals surface area (Å²) in [6.07, 6.45) is 1.38. The van der Waals surface area contributed by atoms with Gasteiger partial charge in [0, 0.05) is 25.1 Å². The van der Waals surface area contributed by atoms with Crippen molar-refractivity contribution >= 4 is 22.4 Å². The van der Waals surface area contributed by atoms with Gasteiger partial charge in [-0.1, -0.05) is 6.92 Å². The van der Waals surface area contributed by atoms with Crippen molar-refractivity contribution in [1.29, 1.82) is 0 Å². The van der Waals surface area contributed by atoms with Crippen LogP contribution in [0.15, 0.2) is 5.38 Å². The molecule has 90 valence electrons. The monoisotopic (exact) mass is 243 g/mol. The highest BCUT2D eigenvalue weighted by molar-refractivity contribution is 7.13. The van der Waals surface area contributed by atoms with Gasteiger partial charge in [-0.15, -0.1) is 11.3 Å². The second-order valence-corrected chi connectivity index (χ2v) is 4.24. The summed E-state index contributed by atoms with van der Waals surface area (Å²) in [5.74, 6) is -0.182. The van der Waals surface area contributed by atoms with Gasteiger partial charge in [0.2, 0.25) is 0 Å². The van der Waals surface area contributed by atoms with Gasteiger partial charge >= 0.3 is 0 Å². The lowest BCUT2D eigenvalue weighted by Crippen LogP contribution is -2.35. The molecule has 0 bridgehead atoms. The van der Waals surface area contributed by atoms with Gasteiger partial charge in [0.15, 0.2) is 5.13 Å². The lowest BCUT2D eigenvalue weighted by atomic mass is 10.1. The van der Waals surface area contributed by atoms with Gasteiger partial charge in [0.05, 0.1) is 0 Å². The highest BCUT2D eigenvalue weighted by Gasteiger charge is 2.14. The second kappa shape index (κ2) is 6.44. The number of anilines is 1. The van der Waals surface area contributed by atoms with E-state index in [9.17, 15) is 4.79 Å². The molecule has 0 spiro atoms. The van der Waals surface area contributed by atoms with Crippen LogP contribution in [0.3, 0.4) is 0 Å². The van der Waals surface area contributed by atoms with Crippen LogP contribution in [-0.4, -0.2) is 35.7 Å². The first-order chi connectivity index (χ1) is 7.71. The van der Waals surface area contributed by atoms with Crippen LogP contribution in [0, 0.1) is 0 Å². The minimum atomic E-state index is -0.182. The molecular formula is C10H17N3O2S. The van der Waals surface area contributed by atoms with E-state index in [0.717, 1.165) is 11.6 Å². The third kappa shape index (κ3) is 3.46. The molecule has 0 aliphatic rings. The molecule has 1 rings (SSSR count). The summed E-state index contributed by atoms with van der Waals surface area (Å²) in [6, 6.07) is 0.0113. The van der Waals surface area contributed by atoms with E-state index in [-0.39, 0.29) is 18.6 Å². The van der Waals surface area contributed by atoms with E-state index in [1.807, 2.05) is 6.92 Å². The molecular weight excluding hydrogens is 226 g/mol. The zero-order chi connectivity index (χ0) is 12.0. The van der Waals surface area contributed by atoms with E-state index in [0.29, 0.717) is 12.1 Å². The minimum absolute atomic E-state index is 0.0113. The molecule has 6 heteroatoms. The number of aromatic nitrogens is 1. The molecule has 16 heavy (non-hydrogen) atoms. The van der Waals surface area contributed by atoms with Crippen molar-refractivity contribution in [2.45, 2.75) is 25.8 Å². The Hall–Kier alpha value is -1.14. The van der Waals surface area contributed by atoms with E-state index >= 15 is 0 Å². The third-order valence-corrected chi connectivity index (χ3v) is 3.12. The third-order valence-electron chi connectivity index (χ3n) is 2.26. The topological polar surface area (TPSA) is 74.2 Å². The van der Waals surface area contributed by atoms with Crippen LogP contribution in [0.5, 0.6) is 0 Å². The molecule has 1 aromatic heterocycles. The average Bonchev–Trinajstić information content (AvgIpc) is 2.76. The van der Waals surface area contributed by atoms with Gasteiger partial charge in [0.25, 0.3) is 5.91 Å². The number of amides is 1. The number of aliphatic hydroxyl groups is 1. The molecule has 0 aliphatic heterocycles. The average molecular weight is 243 g/mol. The summed E-state index contributed by atoms with van der Waals surface area (Å²) in [5.41, 5.74) is 0.422. The van der Waals surface area contributed by atoms with Gasteiger partial charge in [-0.25, -0.2) is 4.98 Å². The van der Waals surface area contributed by atoms with Crippen molar-refractivity contribution in [2.75, 3.05) is 19.0 Å². The van der Waals surface area contributed by atoms with E-state index in [1.165, 1.54) is 11.3 Å². The number of hydrogen-bond acceptors (Lipinski definition) is 5. The van der Waals surface area contributed by atoms with Crippen molar-refractivity contribution < 1.29 is 9.90 Å². The molecule has 0 saturated heterocycles. The summed E-state index contributed by atoms with van der Waals surface area (Å²) >= 11 is 1.39. The van der Waals surface area contributed by atoms with Crippen LogP contribution in [0.1, 0.15) is 30.3 Å². The van der Waals surface area contributed by atoms with E-state index in [2.05, 4.69) is 15.6 Å². The SMILES string of the molecule is CCC(CCO)NC(=O)c1csc(NC)n1. The normalized spacial score (nSPS) is 12.2. The summed E-state index contributed by atoms with van der Waals surface area (Å²) in [6.45, 7) is 2.05. The van der Waals surface area contributed by atoms with Gasteiger partial charge in [0.1, 0.15) is 5.69 Å². The number of rotatable bonds is 6. The van der Waals surface area contributed by atoms with E-state index < -0.39 is 0 Å². The quantitative estimate of drug-likeness (QED) is 0.699. The maximum Gasteiger partial charge on any atom is 0.271 e. The number of thiazole rings is 1. The Bertz CT molecular complexity index is 341. The maximum absolute atomic E-state index is 11.7. The number of nitrogens with zero attached hydrogens (tertiary/aromatic N) is 1. The Balaban J connectivity index is 2.56. The summed E-state index contributed by atoms with van der Waals surface area (Å²) < 4.78 is 0. The zero-order valence-corrected chi connectivity index (χ0v) is 10.3. The van der Waals surface area contributed by atoms with Crippen LogP contribution >= 0.6 is 11.3 Å². The summed E-state index contributed by atoms with van der Waals surface area (Å²) in [4.78, 5) is 15.9. The van der Waals surface area contributed by atoms with Gasteiger partial charge in [-0.05, 0) is 12.8 Å². The number of carbonyl (C=O) groups excluding carboxylic acids is 1. The highest BCUT2D eigenvalue weighted by atomic mass is 32.1. The Morgan fingerprint density at radius 3 is 2.94 bits per heavy atom. The maximum atomic E-state index is 11.7. The fraction of sp³-hybridized carbons (Fsp3) is 0.600. The molecule has 1 amide bonds. The molecule has 1 unspecified atom stereocenters. The molecule has 1 aromatic rings. The fourth-order valence-corrected chi connectivity index (χ4v) is 1.94. The first-order valence-corrected chi connectivity index (χ1v) is 6.14. The summed E-state index contributed by atoms with van der Waals surface area (Å²) in [5, 5.41) is 17.0. The molecule has 0 aliphatic carbocycles. The van der Waals surface area contributed by atoms with Crippen molar-refractivity contribution in [1.82, 2.24) is 10.3 Å². The van der Waals surface area contributed by atoms with Crippen LogP contribution in [0.2, 0.25) is 0 Å². The molecule has 5 nitrogen and oxygen atoms in total. The lowest BCUT2D eigenvalue weighted by Gasteiger charge is -2.14. The molecule has 0 aromatic carbocycles. The van der Waals surface area contributed by atoms with Gasteiger partial charge in [-0.3, -0.25) is 4.79 Å². The largest absolute Gasteiger partial charge is 0.396 e. The smallest absolute Gasteiger partial charge is 0.271 e. The van der Waals surface area contributed by atoms with Gasteiger partial charge < -0.3 is 15.7 Å². The zero-order valence-electron chi connectivity index (χ0n) is 9.49. The molecule has 1 atom stereocenters. The second-order valence-electron chi connectivity index (χ2n) is 3.38. The van der Waals surface area contributed by atoms with Crippen molar-refractivity contribution in [3.63, 3.8) is 0 Å². The Kier molecular flexibility index (Phi) is 5.21. The fourth-order valence-electron chi connectivity index (χ4n) is 1.29. The standard InChI is InChI=1S/C10H17N3O2S/c1-3-7(4-5-14)12-9(15)8-6-16-10(11-2)13-8/h6-7,14H,3-5H2,1-2H3,(H,11,13)(H,12,15). The molecule has 3 N–H and O–H groups in total. The Labute approximate surface area is 98.9 Å². The molecule has 0 saturated carbocycles. The summed E-state index contributed by atoms with van der Waals surface area (Å²) in [7, 11) is 1.77. The van der Waals surface area contributed by atoms with Crippen LogP contribution < -0.4 is 10.6 Å². The predicted octanol–water partition coefficient (Wildman–Crippen LogP) is 1.08. The predicted molar refractivity (Wildman–Crippen MR) is 64.9 cm³/mol. The van der Waals surface area contributed by atoms with Crippen LogP contribution in [0.25, 0.3) is 0 Å². The number of hydrogen-bond donors (Lipinski definition) is 3. The first kappa shape index (κ1) is 12.9. The molecule has 0 fully saturated rings. The van der Waals surface area contributed by atoms with E-state index in [4.69, 9.17) is 5.11 Å². The van der Waals surface area contributed by atoms with Crippen molar-refractivity contribution in [3.05, 3.63) is 11.1 Å².